The van der Waals surface area contributed by atoms with Crippen LogP contribution in [0.5, 0.6) is 0 Å². The highest BCUT2D eigenvalue weighted by atomic mass is 32.1. The zero-order chi connectivity index (χ0) is 12.4. The molecule has 0 saturated carbocycles. The van der Waals surface area contributed by atoms with Gasteiger partial charge in [0.25, 0.3) is 6.43 Å². The van der Waals surface area contributed by atoms with Crippen LogP contribution >= 0.6 is 11.3 Å². The summed E-state index contributed by atoms with van der Waals surface area (Å²) in [6, 6.07) is 0. The Morgan fingerprint density at radius 3 is 3.06 bits per heavy atom. The zero-order valence-electron chi connectivity index (χ0n) is 9.23. The lowest BCUT2D eigenvalue weighted by atomic mass is 10.3. The summed E-state index contributed by atoms with van der Waals surface area (Å²) >= 11 is 1.52. The van der Waals surface area contributed by atoms with Gasteiger partial charge in [-0.3, -0.25) is 4.40 Å². The largest absolute Gasteiger partial charge is 0.386 e. The van der Waals surface area contributed by atoms with Crippen LogP contribution in [-0.2, 0) is 6.54 Å². The highest BCUT2D eigenvalue weighted by molar-refractivity contribution is 7.15. The molecule has 0 spiro atoms. The van der Waals surface area contributed by atoms with Crippen molar-refractivity contribution in [2.75, 3.05) is 6.54 Å². The number of rotatable bonds is 5. The molecule has 0 saturated heterocycles. The highest BCUT2D eigenvalue weighted by Gasteiger charge is 2.16. The summed E-state index contributed by atoms with van der Waals surface area (Å²) in [5.41, 5.74) is 1.80. The Kier molecular flexibility index (Phi) is 3.70. The van der Waals surface area contributed by atoms with Gasteiger partial charge in [-0.25, -0.2) is 13.8 Å². The minimum Gasteiger partial charge on any atom is -0.386 e. The van der Waals surface area contributed by atoms with Crippen molar-refractivity contribution in [3.05, 3.63) is 23.0 Å². The second kappa shape index (κ2) is 5.07. The molecule has 2 aromatic rings. The average Bonchev–Trinajstić information content (AvgIpc) is 2.80. The number of aromatic nitrogens is 2. The van der Waals surface area contributed by atoms with Crippen LogP contribution in [0, 0.1) is 6.92 Å². The summed E-state index contributed by atoms with van der Waals surface area (Å²) in [5.74, 6) is 0. The number of hydrogen-bond donors (Lipinski definition) is 2. The van der Waals surface area contributed by atoms with Gasteiger partial charge in [-0.05, 0) is 6.92 Å². The third-order valence-corrected chi connectivity index (χ3v) is 3.25. The number of alkyl halides is 2. The molecule has 94 valence electrons. The molecule has 2 heterocycles. The Hall–Kier alpha value is -1.05. The third-order valence-electron chi connectivity index (χ3n) is 2.50. The van der Waals surface area contributed by atoms with E-state index in [1.807, 2.05) is 22.9 Å². The smallest absolute Gasteiger partial charge is 0.265 e. The quantitative estimate of drug-likeness (QED) is 0.856. The van der Waals surface area contributed by atoms with Crippen molar-refractivity contribution in [1.29, 1.82) is 0 Å². The maximum Gasteiger partial charge on any atom is 0.265 e. The summed E-state index contributed by atoms with van der Waals surface area (Å²) in [4.78, 5) is 5.22. The highest BCUT2D eigenvalue weighted by Crippen LogP contribution is 2.16. The summed E-state index contributed by atoms with van der Waals surface area (Å²) in [5, 5.41) is 13.7. The standard InChI is InChI=1S/C10H13F2N3OS/c1-6-7(4-13-5-8(16)9(11)12)15-2-3-17-10(15)14-6/h2-3,8-9,13,16H,4-5H2,1H3. The first-order chi connectivity index (χ1) is 8.09. The van der Waals surface area contributed by atoms with Gasteiger partial charge in [0.15, 0.2) is 4.96 Å². The van der Waals surface area contributed by atoms with Crippen molar-refractivity contribution in [3.63, 3.8) is 0 Å². The minimum absolute atomic E-state index is 0.130. The Morgan fingerprint density at radius 1 is 1.59 bits per heavy atom. The SMILES string of the molecule is Cc1nc2sccn2c1CNCC(O)C(F)F. The Labute approximate surface area is 101 Å². The van der Waals surface area contributed by atoms with E-state index < -0.39 is 12.5 Å². The molecule has 1 unspecified atom stereocenters. The van der Waals surface area contributed by atoms with E-state index in [0.717, 1.165) is 16.3 Å². The Bertz CT molecular complexity index is 497. The van der Waals surface area contributed by atoms with Crippen LogP contribution in [0.4, 0.5) is 8.78 Å². The normalized spacial score (nSPS) is 13.7. The lowest BCUT2D eigenvalue weighted by Gasteiger charge is -2.10. The van der Waals surface area contributed by atoms with Crippen LogP contribution in [0.3, 0.4) is 0 Å². The van der Waals surface area contributed by atoms with Crippen molar-refractivity contribution in [2.24, 2.45) is 0 Å². The van der Waals surface area contributed by atoms with Gasteiger partial charge in [-0.1, -0.05) is 0 Å². The summed E-state index contributed by atoms with van der Waals surface area (Å²) < 4.78 is 26.1. The van der Waals surface area contributed by atoms with Crippen molar-refractivity contribution < 1.29 is 13.9 Å². The van der Waals surface area contributed by atoms with Crippen molar-refractivity contribution in [3.8, 4) is 0 Å². The molecule has 0 aliphatic rings. The summed E-state index contributed by atoms with van der Waals surface area (Å²) in [6.07, 6.45) is -2.45. The number of fused-ring (bicyclic) bond motifs is 1. The van der Waals surface area contributed by atoms with Crippen LogP contribution < -0.4 is 5.32 Å². The van der Waals surface area contributed by atoms with Crippen LogP contribution in [0.1, 0.15) is 11.4 Å². The fourth-order valence-electron chi connectivity index (χ4n) is 1.58. The lowest BCUT2D eigenvalue weighted by molar-refractivity contribution is -0.00345. The van der Waals surface area contributed by atoms with Crippen LogP contribution in [0.15, 0.2) is 11.6 Å². The molecule has 2 N–H and O–H groups in total. The number of imidazole rings is 1. The first kappa shape index (κ1) is 12.4. The van der Waals surface area contributed by atoms with E-state index in [2.05, 4.69) is 10.3 Å². The van der Waals surface area contributed by atoms with E-state index >= 15 is 0 Å². The first-order valence-electron chi connectivity index (χ1n) is 5.17. The van der Waals surface area contributed by atoms with E-state index in [1.54, 1.807) is 0 Å². The van der Waals surface area contributed by atoms with Gasteiger partial charge >= 0.3 is 0 Å². The second-order valence-corrected chi connectivity index (χ2v) is 4.61. The molecular weight excluding hydrogens is 248 g/mol. The van der Waals surface area contributed by atoms with Gasteiger partial charge in [0.05, 0.1) is 11.4 Å². The van der Waals surface area contributed by atoms with Gasteiger partial charge in [0.1, 0.15) is 6.10 Å². The molecule has 0 aliphatic heterocycles. The lowest BCUT2D eigenvalue weighted by Crippen LogP contribution is -2.32. The summed E-state index contributed by atoms with van der Waals surface area (Å²) in [7, 11) is 0. The minimum atomic E-state index is -2.71. The number of halogens is 2. The number of hydrogen-bond acceptors (Lipinski definition) is 4. The fourth-order valence-corrected chi connectivity index (χ4v) is 2.36. The molecule has 0 aromatic carbocycles. The molecule has 0 radical (unpaired) electrons. The van der Waals surface area contributed by atoms with Crippen LogP contribution in [-0.4, -0.2) is 33.6 Å². The zero-order valence-corrected chi connectivity index (χ0v) is 10.0. The number of aliphatic hydroxyl groups is 1. The maximum absolute atomic E-state index is 12.1. The van der Waals surface area contributed by atoms with Crippen molar-refractivity contribution in [2.45, 2.75) is 26.0 Å². The molecule has 17 heavy (non-hydrogen) atoms. The van der Waals surface area contributed by atoms with Gasteiger partial charge < -0.3 is 10.4 Å². The number of nitrogens with one attached hydrogen (secondary N) is 1. The molecule has 0 bridgehead atoms. The number of nitrogens with zero attached hydrogens (tertiary/aromatic N) is 2. The van der Waals surface area contributed by atoms with Crippen molar-refractivity contribution in [1.82, 2.24) is 14.7 Å². The predicted octanol–water partition coefficient (Wildman–Crippen LogP) is 1.42. The molecule has 1 atom stereocenters. The fraction of sp³-hybridized carbons (Fsp3) is 0.500. The molecule has 2 aromatic heterocycles. The molecule has 0 fully saturated rings. The van der Waals surface area contributed by atoms with Crippen LogP contribution in [0.25, 0.3) is 4.96 Å². The van der Waals surface area contributed by atoms with E-state index in [4.69, 9.17) is 5.11 Å². The molecule has 7 heteroatoms. The van der Waals surface area contributed by atoms with Gasteiger partial charge in [-0.2, -0.15) is 0 Å². The van der Waals surface area contributed by atoms with E-state index in [-0.39, 0.29) is 6.54 Å². The topological polar surface area (TPSA) is 49.6 Å². The molecule has 2 rings (SSSR count). The van der Waals surface area contributed by atoms with E-state index in [0.29, 0.717) is 6.54 Å². The molecule has 0 amide bonds. The van der Waals surface area contributed by atoms with Gasteiger partial charge in [0.2, 0.25) is 0 Å². The van der Waals surface area contributed by atoms with Crippen LogP contribution in [0.2, 0.25) is 0 Å². The number of aliphatic hydroxyl groups excluding tert-OH is 1. The third kappa shape index (κ3) is 2.62. The molecule has 4 nitrogen and oxygen atoms in total. The molecule has 0 aliphatic carbocycles. The maximum atomic E-state index is 12.1. The average molecular weight is 261 g/mol. The molecular formula is C10H13F2N3OS. The predicted molar refractivity (Wildman–Crippen MR) is 61.5 cm³/mol. The Balaban J connectivity index is 1.99. The van der Waals surface area contributed by atoms with Gasteiger partial charge in [-0.15, -0.1) is 11.3 Å². The second-order valence-electron chi connectivity index (χ2n) is 3.73. The van der Waals surface area contributed by atoms with Crippen molar-refractivity contribution >= 4 is 16.3 Å². The Morgan fingerprint density at radius 2 is 2.35 bits per heavy atom. The number of aryl methyl sites for hydroxylation is 1. The summed E-state index contributed by atoms with van der Waals surface area (Å²) in [6.45, 7) is 2.16. The first-order valence-corrected chi connectivity index (χ1v) is 6.05. The number of thiazole rings is 1. The monoisotopic (exact) mass is 261 g/mol. The van der Waals surface area contributed by atoms with E-state index in [9.17, 15) is 8.78 Å². The van der Waals surface area contributed by atoms with Gasteiger partial charge in [0, 0.05) is 24.7 Å². The van der Waals surface area contributed by atoms with E-state index in [1.165, 1.54) is 11.3 Å².